The molecule has 0 unspecified atom stereocenters. The minimum absolute atomic E-state index is 0.0569. The summed E-state index contributed by atoms with van der Waals surface area (Å²) >= 11 is 0. The molecule has 0 saturated carbocycles. The van der Waals surface area contributed by atoms with E-state index in [2.05, 4.69) is 0 Å². The Morgan fingerprint density at radius 1 is 1.62 bits per heavy atom. The molecule has 0 heterocycles. The van der Waals surface area contributed by atoms with Gasteiger partial charge in [0.15, 0.2) is 0 Å². The molecule has 3 heteroatoms. The summed E-state index contributed by atoms with van der Waals surface area (Å²) in [6, 6.07) is 6.16. The van der Waals surface area contributed by atoms with E-state index in [-0.39, 0.29) is 11.6 Å². The molecule has 0 aromatic heterocycles. The van der Waals surface area contributed by atoms with Crippen LogP contribution < -0.4 is 5.73 Å². The summed E-state index contributed by atoms with van der Waals surface area (Å²) < 4.78 is 13.4. The van der Waals surface area contributed by atoms with E-state index in [1.807, 2.05) is 6.92 Å². The van der Waals surface area contributed by atoms with Crippen molar-refractivity contribution in [3.8, 4) is 6.07 Å². The van der Waals surface area contributed by atoms with Crippen LogP contribution in [0.3, 0.4) is 0 Å². The summed E-state index contributed by atoms with van der Waals surface area (Å²) in [5, 5.41) is 8.57. The first-order valence-corrected chi connectivity index (χ1v) is 4.14. The fraction of sp³-hybridized carbons (Fsp3) is 0.300. The Bertz CT molecular complexity index is 341. The maximum absolute atomic E-state index is 13.4. The van der Waals surface area contributed by atoms with Crippen LogP contribution in [0.25, 0.3) is 0 Å². The van der Waals surface area contributed by atoms with Crippen LogP contribution in [0.5, 0.6) is 0 Å². The zero-order valence-corrected chi connectivity index (χ0v) is 7.42. The molecule has 0 saturated heterocycles. The lowest BCUT2D eigenvalue weighted by atomic mass is 10.0. The molecule has 1 aromatic carbocycles. The van der Waals surface area contributed by atoms with Crippen LogP contribution in [-0.4, -0.2) is 0 Å². The molecule has 1 atom stereocenters. The van der Waals surface area contributed by atoms with Gasteiger partial charge in [0.25, 0.3) is 0 Å². The van der Waals surface area contributed by atoms with Gasteiger partial charge in [0.05, 0.1) is 5.56 Å². The molecule has 68 valence electrons. The largest absolute Gasteiger partial charge is 0.324 e. The molecule has 0 aliphatic rings. The Balaban J connectivity index is 3.17. The summed E-state index contributed by atoms with van der Waals surface area (Å²) in [7, 11) is 0. The first-order chi connectivity index (χ1) is 6.20. The SMILES string of the molecule is CC[C@@H](N)c1cccc(C#N)c1F. The molecule has 1 rings (SSSR count). The van der Waals surface area contributed by atoms with E-state index >= 15 is 0 Å². The fourth-order valence-corrected chi connectivity index (χ4v) is 1.14. The molecule has 0 radical (unpaired) electrons. The van der Waals surface area contributed by atoms with Gasteiger partial charge in [0, 0.05) is 11.6 Å². The molecule has 2 nitrogen and oxygen atoms in total. The molecular weight excluding hydrogens is 167 g/mol. The van der Waals surface area contributed by atoms with Gasteiger partial charge in [-0.05, 0) is 12.5 Å². The van der Waals surface area contributed by atoms with Gasteiger partial charge >= 0.3 is 0 Å². The number of nitrogens with two attached hydrogens (primary N) is 1. The topological polar surface area (TPSA) is 49.8 Å². The van der Waals surface area contributed by atoms with Gasteiger partial charge in [-0.3, -0.25) is 0 Å². The number of hydrogen-bond donors (Lipinski definition) is 1. The second-order valence-electron chi connectivity index (χ2n) is 2.84. The molecular formula is C10H11FN2. The molecule has 0 amide bonds. The summed E-state index contributed by atoms with van der Waals surface area (Å²) in [5.41, 5.74) is 6.14. The van der Waals surface area contributed by atoms with Gasteiger partial charge in [-0.15, -0.1) is 0 Å². The monoisotopic (exact) mass is 178 g/mol. The lowest BCUT2D eigenvalue weighted by molar-refractivity contribution is 0.572. The highest BCUT2D eigenvalue weighted by Crippen LogP contribution is 2.19. The Morgan fingerprint density at radius 3 is 2.85 bits per heavy atom. The van der Waals surface area contributed by atoms with Gasteiger partial charge in [0.2, 0.25) is 0 Å². The van der Waals surface area contributed by atoms with Crippen LogP contribution in [0.1, 0.15) is 30.5 Å². The quantitative estimate of drug-likeness (QED) is 0.754. The third-order valence-electron chi connectivity index (χ3n) is 1.99. The van der Waals surface area contributed by atoms with Crippen LogP contribution in [-0.2, 0) is 0 Å². The third kappa shape index (κ3) is 1.85. The van der Waals surface area contributed by atoms with E-state index in [4.69, 9.17) is 11.0 Å². The number of nitriles is 1. The Kier molecular flexibility index (Phi) is 2.99. The highest BCUT2D eigenvalue weighted by Gasteiger charge is 2.12. The number of halogens is 1. The summed E-state index contributed by atoms with van der Waals surface area (Å²) in [6.07, 6.45) is 0.659. The third-order valence-corrected chi connectivity index (χ3v) is 1.99. The molecule has 0 fully saturated rings. The lowest BCUT2D eigenvalue weighted by Gasteiger charge is -2.10. The lowest BCUT2D eigenvalue weighted by Crippen LogP contribution is -2.11. The Hall–Kier alpha value is -1.40. The van der Waals surface area contributed by atoms with Crippen molar-refractivity contribution in [1.29, 1.82) is 5.26 Å². The molecule has 0 bridgehead atoms. The zero-order valence-electron chi connectivity index (χ0n) is 7.42. The zero-order chi connectivity index (χ0) is 9.84. The van der Waals surface area contributed by atoms with E-state index in [9.17, 15) is 4.39 Å². The van der Waals surface area contributed by atoms with Crippen molar-refractivity contribution in [3.63, 3.8) is 0 Å². The van der Waals surface area contributed by atoms with E-state index in [0.29, 0.717) is 12.0 Å². The van der Waals surface area contributed by atoms with Gasteiger partial charge < -0.3 is 5.73 Å². The number of benzene rings is 1. The smallest absolute Gasteiger partial charge is 0.145 e. The van der Waals surface area contributed by atoms with Crippen molar-refractivity contribution in [2.24, 2.45) is 5.73 Å². The van der Waals surface area contributed by atoms with Crippen LogP contribution in [0.4, 0.5) is 4.39 Å². The first kappa shape index (κ1) is 9.69. The second-order valence-corrected chi connectivity index (χ2v) is 2.84. The standard InChI is InChI=1S/C10H11FN2/c1-2-9(13)8-5-3-4-7(6-12)10(8)11/h3-5,9H,2,13H2,1H3/t9-/m1/s1. The van der Waals surface area contributed by atoms with Gasteiger partial charge in [-0.25, -0.2) is 4.39 Å². The van der Waals surface area contributed by atoms with E-state index in [1.165, 1.54) is 6.07 Å². The van der Waals surface area contributed by atoms with Crippen molar-refractivity contribution >= 4 is 0 Å². The average Bonchev–Trinajstić information content (AvgIpc) is 2.17. The Labute approximate surface area is 76.8 Å². The van der Waals surface area contributed by atoms with Gasteiger partial charge in [-0.2, -0.15) is 5.26 Å². The normalized spacial score (nSPS) is 12.2. The van der Waals surface area contributed by atoms with Crippen LogP contribution in [0.2, 0.25) is 0 Å². The summed E-state index contributed by atoms with van der Waals surface area (Å²) in [5.74, 6) is -0.487. The maximum Gasteiger partial charge on any atom is 0.145 e. The van der Waals surface area contributed by atoms with Crippen LogP contribution in [0.15, 0.2) is 18.2 Å². The molecule has 1 aromatic rings. The second kappa shape index (κ2) is 4.01. The maximum atomic E-state index is 13.4. The summed E-state index contributed by atoms with van der Waals surface area (Å²) in [6.45, 7) is 1.88. The highest BCUT2D eigenvalue weighted by atomic mass is 19.1. The van der Waals surface area contributed by atoms with E-state index in [0.717, 1.165) is 0 Å². The minimum Gasteiger partial charge on any atom is -0.324 e. The van der Waals surface area contributed by atoms with Crippen molar-refractivity contribution in [3.05, 3.63) is 35.1 Å². The number of hydrogen-bond acceptors (Lipinski definition) is 2. The van der Waals surface area contributed by atoms with Crippen LogP contribution >= 0.6 is 0 Å². The number of nitrogens with zero attached hydrogens (tertiary/aromatic N) is 1. The van der Waals surface area contributed by atoms with Crippen molar-refractivity contribution < 1.29 is 4.39 Å². The van der Waals surface area contributed by atoms with Crippen molar-refractivity contribution in [1.82, 2.24) is 0 Å². The number of rotatable bonds is 2. The molecule has 0 spiro atoms. The van der Waals surface area contributed by atoms with E-state index in [1.54, 1.807) is 18.2 Å². The predicted octanol–water partition coefficient (Wildman–Crippen LogP) is 2.11. The van der Waals surface area contributed by atoms with Crippen molar-refractivity contribution in [2.75, 3.05) is 0 Å². The molecule has 0 aliphatic heterocycles. The highest BCUT2D eigenvalue weighted by molar-refractivity contribution is 5.36. The van der Waals surface area contributed by atoms with E-state index < -0.39 is 5.82 Å². The predicted molar refractivity (Wildman–Crippen MR) is 48.3 cm³/mol. The first-order valence-electron chi connectivity index (χ1n) is 4.14. The van der Waals surface area contributed by atoms with Gasteiger partial charge in [0.1, 0.15) is 11.9 Å². The average molecular weight is 178 g/mol. The summed E-state index contributed by atoms with van der Waals surface area (Å²) in [4.78, 5) is 0. The molecule has 13 heavy (non-hydrogen) atoms. The Morgan fingerprint density at radius 2 is 2.31 bits per heavy atom. The minimum atomic E-state index is -0.487. The van der Waals surface area contributed by atoms with Crippen molar-refractivity contribution in [2.45, 2.75) is 19.4 Å². The molecule has 0 aliphatic carbocycles. The fourth-order valence-electron chi connectivity index (χ4n) is 1.14. The van der Waals surface area contributed by atoms with Crippen LogP contribution in [0, 0.1) is 17.1 Å². The molecule has 2 N–H and O–H groups in total. The van der Waals surface area contributed by atoms with Gasteiger partial charge in [-0.1, -0.05) is 19.1 Å².